The van der Waals surface area contributed by atoms with Crippen molar-refractivity contribution in [2.24, 2.45) is 0 Å². The number of aliphatic hydroxyl groups is 1. The summed E-state index contributed by atoms with van der Waals surface area (Å²) in [4.78, 5) is 14.8. The second-order valence-electron chi connectivity index (χ2n) is 5.83. The quantitative estimate of drug-likeness (QED) is 0.806. The van der Waals surface area contributed by atoms with Crippen LogP contribution in [0.2, 0.25) is 0 Å². The number of rotatable bonds is 1. The molecule has 0 spiro atoms. The molecule has 1 aliphatic rings. The maximum Gasteiger partial charge on any atom is 0.254 e. The molecule has 1 saturated heterocycles. The van der Waals surface area contributed by atoms with E-state index in [4.69, 9.17) is 5.11 Å². The van der Waals surface area contributed by atoms with E-state index in [1.165, 1.54) is 6.42 Å². The van der Waals surface area contributed by atoms with Gasteiger partial charge in [0.2, 0.25) is 0 Å². The number of aryl methyl sites for hydroxylation is 1. The van der Waals surface area contributed by atoms with E-state index >= 15 is 0 Å². The first-order chi connectivity index (χ1) is 10.0. The third kappa shape index (κ3) is 3.46. The zero-order valence-electron chi connectivity index (χ0n) is 13.0. The first-order valence-electron chi connectivity index (χ1n) is 7.57. The molecule has 112 valence electrons. The van der Waals surface area contributed by atoms with Crippen molar-refractivity contribution in [1.29, 1.82) is 0 Å². The number of carbonyl (C=O) groups is 1. The van der Waals surface area contributed by atoms with E-state index in [1.807, 2.05) is 30.0 Å². The highest BCUT2D eigenvalue weighted by atomic mass is 16.2. The Morgan fingerprint density at radius 2 is 2.00 bits per heavy atom. The van der Waals surface area contributed by atoms with Crippen LogP contribution < -0.4 is 0 Å². The van der Waals surface area contributed by atoms with Crippen LogP contribution in [0.25, 0.3) is 0 Å². The lowest BCUT2D eigenvalue weighted by molar-refractivity contribution is 0.0510. The van der Waals surface area contributed by atoms with Gasteiger partial charge in [0, 0.05) is 23.2 Å². The number of aliphatic hydroxyl groups excluding tert-OH is 1. The van der Waals surface area contributed by atoms with E-state index < -0.39 is 0 Å². The molecular formula is C18H23NO2. The van der Waals surface area contributed by atoms with Crippen LogP contribution in [0, 0.1) is 18.8 Å². The van der Waals surface area contributed by atoms with Gasteiger partial charge in [-0.05, 0) is 57.7 Å². The molecule has 1 N–H and O–H groups in total. The van der Waals surface area contributed by atoms with Gasteiger partial charge in [-0.3, -0.25) is 4.79 Å². The third-order valence-corrected chi connectivity index (χ3v) is 4.21. The summed E-state index contributed by atoms with van der Waals surface area (Å²) in [6.07, 6.45) is 3.32. The van der Waals surface area contributed by atoms with Crippen molar-refractivity contribution in [3.05, 3.63) is 34.9 Å². The van der Waals surface area contributed by atoms with Crippen LogP contribution in [0.5, 0.6) is 0 Å². The minimum absolute atomic E-state index is 0.0850. The molecule has 1 aliphatic heterocycles. The van der Waals surface area contributed by atoms with Gasteiger partial charge in [0.15, 0.2) is 0 Å². The van der Waals surface area contributed by atoms with E-state index in [-0.39, 0.29) is 24.6 Å². The zero-order chi connectivity index (χ0) is 15.4. The molecule has 1 amide bonds. The molecule has 0 radical (unpaired) electrons. The number of hydrogen-bond donors (Lipinski definition) is 1. The standard InChI is InChI=1S/C18H23NO2/c1-13-9-10-17(12-16(13)8-5-11-20)18(21)19-14(2)6-4-7-15(19)3/h9-10,12,14-15,20H,4,6-7,11H2,1-3H3. The Kier molecular flexibility index (Phi) is 5.03. The molecule has 3 heteroatoms. The predicted molar refractivity (Wildman–Crippen MR) is 84.1 cm³/mol. The molecular weight excluding hydrogens is 262 g/mol. The monoisotopic (exact) mass is 285 g/mol. The first-order valence-corrected chi connectivity index (χ1v) is 7.57. The maximum absolute atomic E-state index is 12.8. The lowest BCUT2D eigenvalue weighted by atomic mass is 9.95. The van der Waals surface area contributed by atoms with Crippen molar-refractivity contribution in [2.75, 3.05) is 6.61 Å². The largest absolute Gasteiger partial charge is 0.384 e. The highest BCUT2D eigenvalue weighted by Gasteiger charge is 2.29. The Labute approximate surface area is 127 Å². The lowest BCUT2D eigenvalue weighted by Gasteiger charge is -2.39. The minimum Gasteiger partial charge on any atom is -0.384 e. The van der Waals surface area contributed by atoms with Gasteiger partial charge < -0.3 is 10.0 Å². The Bertz CT molecular complexity index is 573. The first kappa shape index (κ1) is 15.6. The van der Waals surface area contributed by atoms with Crippen LogP contribution >= 0.6 is 0 Å². The third-order valence-electron chi connectivity index (χ3n) is 4.21. The summed E-state index contributed by atoms with van der Waals surface area (Å²) in [5.74, 6) is 5.65. The van der Waals surface area contributed by atoms with E-state index in [0.717, 1.165) is 24.0 Å². The van der Waals surface area contributed by atoms with Crippen LogP contribution in [-0.2, 0) is 0 Å². The van der Waals surface area contributed by atoms with Crippen molar-refractivity contribution in [3.8, 4) is 11.8 Å². The van der Waals surface area contributed by atoms with Crippen molar-refractivity contribution in [3.63, 3.8) is 0 Å². The van der Waals surface area contributed by atoms with Gasteiger partial charge in [0.1, 0.15) is 6.61 Å². The molecule has 1 fully saturated rings. The fourth-order valence-electron chi connectivity index (χ4n) is 3.00. The van der Waals surface area contributed by atoms with Crippen LogP contribution in [0.3, 0.4) is 0 Å². The zero-order valence-corrected chi connectivity index (χ0v) is 13.0. The fourth-order valence-corrected chi connectivity index (χ4v) is 3.00. The number of hydrogen-bond acceptors (Lipinski definition) is 2. The van der Waals surface area contributed by atoms with Crippen molar-refractivity contribution >= 4 is 5.91 Å². The van der Waals surface area contributed by atoms with Crippen LogP contribution in [0.4, 0.5) is 0 Å². The molecule has 1 heterocycles. The Hall–Kier alpha value is -1.79. The van der Waals surface area contributed by atoms with Crippen LogP contribution in [0.1, 0.15) is 54.6 Å². The summed E-state index contributed by atoms with van der Waals surface area (Å²) < 4.78 is 0. The van der Waals surface area contributed by atoms with Gasteiger partial charge in [-0.1, -0.05) is 17.9 Å². The summed E-state index contributed by atoms with van der Waals surface area (Å²) in [5.41, 5.74) is 2.52. The molecule has 21 heavy (non-hydrogen) atoms. The van der Waals surface area contributed by atoms with E-state index in [0.29, 0.717) is 5.56 Å². The molecule has 2 atom stereocenters. The smallest absolute Gasteiger partial charge is 0.254 e. The van der Waals surface area contributed by atoms with E-state index in [2.05, 4.69) is 25.7 Å². The molecule has 1 aromatic carbocycles. The van der Waals surface area contributed by atoms with Crippen molar-refractivity contribution < 1.29 is 9.90 Å². The molecule has 3 nitrogen and oxygen atoms in total. The number of piperidine rings is 1. The second-order valence-corrected chi connectivity index (χ2v) is 5.83. The van der Waals surface area contributed by atoms with Gasteiger partial charge in [0.25, 0.3) is 5.91 Å². The van der Waals surface area contributed by atoms with Gasteiger partial charge in [0.05, 0.1) is 0 Å². The summed E-state index contributed by atoms with van der Waals surface area (Å²) in [7, 11) is 0. The molecule has 2 unspecified atom stereocenters. The summed E-state index contributed by atoms with van der Waals surface area (Å²) >= 11 is 0. The van der Waals surface area contributed by atoms with Gasteiger partial charge in [-0.25, -0.2) is 0 Å². The van der Waals surface area contributed by atoms with Crippen molar-refractivity contribution in [1.82, 2.24) is 4.90 Å². The second kappa shape index (κ2) is 6.78. The Morgan fingerprint density at radius 1 is 1.33 bits per heavy atom. The molecule has 0 saturated carbocycles. The highest BCUT2D eigenvalue weighted by molar-refractivity contribution is 5.95. The minimum atomic E-state index is -0.169. The molecule has 2 rings (SSSR count). The van der Waals surface area contributed by atoms with E-state index in [1.54, 1.807) is 0 Å². The topological polar surface area (TPSA) is 40.5 Å². The van der Waals surface area contributed by atoms with Crippen molar-refractivity contribution in [2.45, 2.75) is 52.1 Å². The predicted octanol–water partition coefficient (Wildman–Crippen LogP) is 2.74. The average Bonchev–Trinajstić information content (AvgIpc) is 2.46. The number of amides is 1. The lowest BCUT2D eigenvalue weighted by Crippen LogP contribution is -2.47. The molecule has 1 aromatic rings. The summed E-state index contributed by atoms with van der Waals surface area (Å²) in [5, 5.41) is 8.82. The normalized spacial score (nSPS) is 21.6. The Morgan fingerprint density at radius 3 is 2.62 bits per heavy atom. The maximum atomic E-state index is 12.8. The molecule has 0 aliphatic carbocycles. The number of carbonyl (C=O) groups excluding carboxylic acids is 1. The number of benzene rings is 1. The number of nitrogens with zero attached hydrogens (tertiary/aromatic N) is 1. The van der Waals surface area contributed by atoms with Gasteiger partial charge in [-0.2, -0.15) is 0 Å². The highest BCUT2D eigenvalue weighted by Crippen LogP contribution is 2.25. The summed E-state index contributed by atoms with van der Waals surface area (Å²) in [6.45, 7) is 6.03. The summed E-state index contributed by atoms with van der Waals surface area (Å²) in [6, 6.07) is 6.21. The fraction of sp³-hybridized carbons (Fsp3) is 0.500. The van der Waals surface area contributed by atoms with E-state index in [9.17, 15) is 4.79 Å². The van der Waals surface area contributed by atoms with Gasteiger partial charge in [-0.15, -0.1) is 0 Å². The Balaban J connectivity index is 2.30. The van der Waals surface area contributed by atoms with Crippen LogP contribution in [-0.4, -0.2) is 34.6 Å². The average molecular weight is 285 g/mol. The number of likely N-dealkylation sites (tertiary alicyclic amines) is 1. The SMILES string of the molecule is Cc1ccc(C(=O)N2C(C)CCCC2C)cc1C#CCO. The van der Waals surface area contributed by atoms with Crippen LogP contribution in [0.15, 0.2) is 18.2 Å². The molecule has 0 bridgehead atoms. The van der Waals surface area contributed by atoms with Gasteiger partial charge >= 0.3 is 0 Å². The molecule has 0 aromatic heterocycles.